The van der Waals surface area contributed by atoms with Crippen molar-refractivity contribution in [3.63, 3.8) is 0 Å². The Morgan fingerprint density at radius 1 is 1.28 bits per heavy atom. The van der Waals surface area contributed by atoms with Crippen LogP contribution in [0.1, 0.15) is 12.5 Å². The van der Waals surface area contributed by atoms with Crippen molar-refractivity contribution in [1.29, 1.82) is 0 Å². The van der Waals surface area contributed by atoms with E-state index in [1.165, 1.54) is 11.6 Å². The maximum atomic E-state index is 13.5. The summed E-state index contributed by atoms with van der Waals surface area (Å²) in [6.07, 6.45) is 0.964. The van der Waals surface area contributed by atoms with E-state index in [0.29, 0.717) is 14.9 Å². The van der Waals surface area contributed by atoms with E-state index in [-0.39, 0.29) is 5.82 Å². The molecule has 2 aromatic carbocycles. The Morgan fingerprint density at radius 3 is 2.78 bits per heavy atom. The van der Waals surface area contributed by atoms with Crippen molar-refractivity contribution in [2.45, 2.75) is 13.3 Å². The van der Waals surface area contributed by atoms with Gasteiger partial charge in [-0.1, -0.05) is 19.1 Å². The van der Waals surface area contributed by atoms with Crippen molar-refractivity contribution in [3.05, 3.63) is 51.3 Å². The summed E-state index contributed by atoms with van der Waals surface area (Å²) in [7, 11) is 0. The maximum Gasteiger partial charge on any atom is 0.138 e. The number of hydrogen-bond acceptors (Lipinski definition) is 2. The molecule has 0 radical (unpaired) electrons. The van der Waals surface area contributed by atoms with Crippen molar-refractivity contribution in [2.24, 2.45) is 0 Å². The van der Waals surface area contributed by atoms with E-state index < -0.39 is 0 Å². The van der Waals surface area contributed by atoms with Gasteiger partial charge in [0.15, 0.2) is 0 Å². The van der Waals surface area contributed by atoms with Gasteiger partial charge in [0.05, 0.1) is 14.9 Å². The number of rotatable bonds is 3. The van der Waals surface area contributed by atoms with Crippen LogP contribution < -0.4 is 11.1 Å². The van der Waals surface area contributed by atoms with Crippen molar-refractivity contribution >= 4 is 39.7 Å². The third kappa shape index (κ3) is 2.93. The molecule has 0 unspecified atom stereocenters. The van der Waals surface area contributed by atoms with Crippen LogP contribution in [0, 0.1) is 9.39 Å². The first-order chi connectivity index (χ1) is 8.60. The number of nitrogens with two attached hydrogens (primary N) is 1. The van der Waals surface area contributed by atoms with Crippen LogP contribution in [0.25, 0.3) is 0 Å². The third-order valence-electron chi connectivity index (χ3n) is 2.71. The molecule has 4 heteroatoms. The molecular formula is C14H14FIN2. The Balaban J connectivity index is 2.30. The van der Waals surface area contributed by atoms with Crippen molar-refractivity contribution < 1.29 is 4.39 Å². The molecule has 0 bridgehead atoms. The molecule has 0 saturated heterocycles. The Hall–Kier alpha value is -1.30. The lowest BCUT2D eigenvalue weighted by atomic mass is 10.1. The van der Waals surface area contributed by atoms with Gasteiger partial charge in [0.25, 0.3) is 0 Å². The van der Waals surface area contributed by atoms with Crippen molar-refractivity contribution in [1.82, 2.24) is 0 Å². The highest BCUT2D eigenvalue weighted by Crippen LogP contribution is 2.27. The van der Waals surface area contributed by atoms with Crippen LogP contribution in [0.15, 0.2) is 36.4 Å². The van der Waals surface area contributed by atoms with Gasteiger partial charge in [-0.15, -0.1) is 0 Å². The van der Waals surface area contributed by atoms with E-state index in [9.17, 15) is 4.39 Å². The minimum Gasteiger partial charge on any atom is -0.397 e. The minimum atomic E-state index is -0.265. The summed E-state index contributed by atoms with van der Waals surface area (Å²) in [5, 5.41) is 3.15. The molecule has 18 heavy (non-hydrogen) atoms. The van der Waals surface area contributed by atoms with Crippen LogP contribution in [-0.4, -0.2) is 0 Å². The summed E-state index contributed by atoms with van der Waals surface area (Å²) >= 11 is 1.93. The molecule has 0 saturated carbocycles. The van der Waals surface area contributed by atoms with Gasteiger partial charge in [-0.25, -0.2) is 4.39 Å². The first kappa shape index (κ1) is 13.1. The number of nitrogens with one attached hydrogen (secondary N) is 1. The first-order valence-electron chi connectivity index (χ1n) is 5.70. The van der Waals surface area contributed by atoms with Crippen molar-refractivity contribution in [2.75, 3.05) is 11.1 Å². The SMILES string of the molecule is CCc1cccc(Nc2cc(F)c(I)cc2N)c1. The molecule has 0 aliphatic rings. The van der Waals surface area contributed by atoms with E-state index in [0.717, 1.165) is 12.1 Å². The highest BCUT2D eigenvalue weighted by Gasteiger charge is 2.06. The number of nitrogen functional groups attached to an aromatic ring is 1. The normalized spacial score (nSPS) is 10.4. The van der Waals surface area contributed by atoms with Gasteiger partial charge in [-0.3, -0.25) is 0 Å². The molecule has 0 spiro atoms. The first-order valence-corrected chi connectivity index (χ1v) is 6.78. The number of benzene rings is 2. The molecular weight excluding hydrogens is 342 g/mol. The number of anilines is 3. The van der Waals surface area contributed by atoms with Gasteiger partial charge >= 0.3 is 0 Å². The average molecular weight is 356 g/mol. The zero-order chi connectivity index (χ0) is 13.1. The molecule has 2 aromatic rings. The molecule has 2 rings (SSSR count). The quantitative estimate of drug-likeness (QED) is 0.635. The lowest BCUT2D eigenvalue weighted by Gasteiger charge is -2.11. The number of aryl methyl sites for hydroxylation is 1. The fraction of sp³-hybridized carbons (Fsp3) is 0.143. The Bertz CT molecular complexity index is 570. The van der Waals surface area contributed by atoms with Gasteiger partial charge in [0, 0.05) is 11.8 Å². The average Bonchev–Trinajstić information content (AvgIpc) is 2.36. The van der Waals surface area contributed by atoms with E-state index in [1.54, 1.807) is 6.07 Å². The second-order valence-electron chi connectivity index (χ2n) is 4.03. The molecule has 94 valence electrons. The zero-order valence-electron chi connectivity index (χ0n) is 10.0. The van der Waals surface area contributed by atoms with Gasteiger partial charge < -0.3 is 11.1 Å². The fourth-order valence-corrected chi connectivity index (χ4v) is 2.19. The second kappa shape index (κ2) is 5.56. The minimum absolute atomic E-state index is 0.265. The Kier molecular flexibility index (Phi) is 4.06. The molecule has 0 aromatic heterocycles. The predicted molar refractivity (Wildman–Crippen MR) is 82.6 cm³/mol. The van der Waals surface area contributed by atoms with Gasteiger partial charge in [-0.2, -0.15) is 0 Å². The summed E-state index contributed by atoms with van der Waals surface area (Å²) in [4.78, 5) is 0. The summed E-state index contributed by atoms with van der Waals surface area (Å²) in [5.41, 5.74) is 9.16. The standard InChI is InChI=1S/C14H14FIN2/c1-2-9-4-3-5-10(6-9)18-14-7-11(15)12(16)8-13(14)17/h3-8,18H,2,17H2,1H3. The lowest BCUT2D eigenvalue weighted by Crippen LogP contribution is -1.99. The number of hydrogen-bond donors (Lipinski definition) is 2. The van der Waals surface area contributed by atoms with Gasteiger partial charge in [-0.05, 0) is 52.8 Å². The predicted octanol–water partition coefficient (Wildman–Crippen LogP) is 4.32. The molecule has 0 amide bonds. The summed E-state index contributed by atoms with van der Waals surface area (Å²) in [6.45, 7) is 2.10. The molecule has 3 N–H and O–H groups in total. The van der Waals surface area contributed by atoms with E-state index in [2.05, 4.69) is 18.3 Å². The van der Waals surface area contributed by atoms with E-state index >= 15 is 0 Å². The molecule has 0 atom stereocenters. The van der Waals surface area contributed by atoms with Gasteiger partial charge in [0.2, 0.25) is 0 Å². The largest absolute Gasteiger partial charge is 0.397 e. The number of halogens is 2. The Labute approximate surface area is 120 Å². The fourth-order valence-electron chi connectivity index (χ4n) is 1.69. The lowest BCUT2D eigenvalue weighted by molar-refractivity contribution is 0.621. The summed E-state index contributed by atoms with van der Waals surface area (Å²) in [6, 6.07) is 11.1. The van der Waals surface area contributed by atoms with E-state index in [4.69, 9.17) is 5.73 Å². The van der Waals surface area contributed by atoms with Crippen molar-refractivity contribution in [3.8, 4) is 0 Å². The van der Waals surface area contributed by atoms with Gasteiger partial charge in [0.1, 0.15) is 5.82 Å². The summed E-state index contributed by atoms with van der Waals surface area (Å²) < 4.78 is 14.0. The molecule has 2 nitrogen and oxygen atoms in total. The topological polar surface area (TPSA) is 38.0 Å². The van der Waals surface area contributed by atoms with Crippen LogP contribution in [0.3, 0.4) is 0 Å². The highest BCUT2D eigenvalue weighted by molar-refractivity contribution is 14.1. The van der Waals surface area contributed by atoms with Crippen LogP contribution in [0.5, 0.6) is 0 Å². The molecule has 0 aliphatic carbocycles. The van der Waals surface area contributed by atoms with Crippen LogP contribution >= 0.6 is 22.6 Å². The Morgan fingerprint density at radius 2 is 2.06 bits per heavy atom. The zero-order valence-corrected chi connectivity index (χ0v) is 12.2. The van der Waals surface area contributed by atoms with Crippen LogP contribution in [-0.2, 0) is 6.42 Å². The third-order valence-corrected chi connectivity index (χ3v) is 3.53. The monoisotopic (exact) mass is 356 g/mol. The molecule has 0 fully saturated rings. The smallest absolute Gasteiger partial charge is 0.138 e. The second-order valence-corrected chi connectivity index (χ2v) is 5.19. The molecule has 0 aliphatic heterocycles. The van der Waals surface area contributed by atoms with Crippen LogP contribution in [0.4, 0.5) is 21.5 Å². The van der Waals surface area contributed by atoms with Crippen LogP contribution in [0.2, 0.25) is 0 Å². The maximum absolute atomic E-state index is 13.5. The van der Waals surface area contributed by atoms with E-state index in [1.807, 2.05) is 40.8 Å². The summed E-state index contributed by atoms with van der Waals surface area (Å²) in [5.74, 6) is -0.265. The molecule has 0 heterocycles. The highest BCUT2D eigenvalue weighted by atomic mass is 127.